The number of hydrogen-bond donors (Lipinski definition) is 3. The molecule has 5 aromatic rings. The van der Waals surface area contributed by atoms with Gasteiger partial charge < -0.3 is 4.98 Å². The Balaban J connectivity index is 1.36. The molecule has 0 unspecified atom stereocenters. The van der Waals surface area contributed by atoms with Crippen LogP contribution in [0.5, 0.6) is 0 Å². The minimum absolute atomic E-state index is 0.00225. The lowest BCUT2D eigenvalue weighted by atomic mass is 10.2. The van der Waals surface area contributed by atoms with Gasteiger partial charge >= 0.3 is 0 Å². The van der Waals surface area contributed by atoms with Gasteiger partial charge in [-0.3, -0.25) is 20.2 Å². The van der Waals surface area contributed by atoms with Gasteiger partial charge in [-0.05, 0) is 54.6 Å². The second-order valence-corrected chi connectivity index (χ2v) is 8.60. The van der Waals surface area contributed by atoms with Crippen molar-refractivity contribution in [3.63, 3.8) is 0 Å². The van der Waals surface area contributed by atoms with E-state index in [2.05, 4.69) is 30.5 Å². The number of nitrogens with zero attached hydrogens (tertiary/aromatic N) is 5. The molecule has 5 rings (SSSR count). The molecule has 0 fully saturated rings. The van der Waals surface area contributed by atoms with Gasteiger partial charge in [0.2, 0.25) is 5.95 Å². The third-order valence-corrected chi connectivity index (χ3v) is 6.24. The van der Waals surface area contributed by atoms with Gasteiger partial charge in [-0.2, -0.15) is 15.6 Å². The number of nitriles is 2. The predicted octanol–water partition coefficient (Wildman–Crippen LogP) is 5.00. The third-order valence-electron chi connectivity index (χ3n) is 5.18. The molecule has 10 heteroatoms. The zero-order chi connectivity index (χ0) is 24.9. The summed E-state index contributed by atoms with van der Waals surface area (Å²) in [4.78, 5) is 25.5. The summed E-state index contributed by atoms with van der Waals surface area (Å²) in [6.07, 6.45) is 5.56. The first kappa shape index (κ1) is 22.6. The van der Waals surface area contributed by atoms with E-state index >= 15 is 0 Å². The van der Waals surface area contributed by atoms with Crippen molar-refractivity contribution in [1.29, 1.82) is 10.5 Å². The molecule has 0 atom stereocenters. The summed E-state index contributed by atoms with van der Waals surface area (Å²) in [6.45, 7) is 0. The standard InChI is InChI=1S/C26H16N8OS/c27-14-22-23(15-28)31-26(30-22)32-25(35)19-6-1-2-7-24(19)36-17-9-10-18-20(33-34-21(18)13-17)11-8-16-5-3-4-12-29-16/h1-13H,(H,33,34)(H2,30,31,32,35)/b11-8+. The summed E-state index contributed by atoms with van der Waals surface area (Å²) in [7, 11) is 0. The zero-order valence-electron chi connectivity index (χ0n) is 18.6. The number of rotatable bonds is 6. The van der Waals surface area contributed by atoms with Crippen LogP contribution >= 0.6 is 11.8 Å². The molecule has 3 N–H and O–H groups in total. The van der Waals surface area contributed by atoms with Crippen molar-refractivity contribution in [2.45, 2.75) is 9.79 Å². The second-order valence-electron chi connectivity index (χ2n) is 7.49. The normalized spacial score (nSPS) is 10.8. The van der Waals surface area contributed by atoms with Crippen LogP contribution in [0.3, 0.4) is 0 Å². The maximum Gasteiger partial charge on any atom is 0.259 e. The van der Waals surface area contributed by atoms with Crippen LogP contribution in [0.1, 0.15) is 33.1 Å². The number of aromatic amines is 2. The van der Waals surface area contributed by atoms with Gasteiger partial charge in [-0.1, -0.05) is 30.0 Å². The largest absolute Gasteiger partial charge is 0.314 e. The average molecular weight is 489 g/mol. The zero-order valence-corrected chi connectivity index (χ0v) is 19.4. The lowest BCUT2D eigenvalue weighted by Crippen LogP contribution is -2.14. The number of imidazole rings is 1. The van der Waals surface area contributed by atoms with Gasteiger partial charge in [-0.15, -0.1) is 0 Å². The first-order valence-corrected chi connectivity index (χ1v) is 11.5. The molecule has 36 heavy (non-hydrogen) atoms. The van der Waals surface area contributed by atoms with E-state index < -0.39 is 5.91 Å². The molecule has 3 aromatic heterocycles. The highest BCUT2D eigenvalue weighted by atomic mass is 32.2. The first-order chi connectivity index (χ1) is 17.6. The van der Waals surface area contributed by atoms with Gasteiger partial charge in [0.15, 0.2) is 11.4 Å². The summed E-state index contributed by atoms with van der Waals surface area (Å²) in [5.74, 6) is -0.372. The van der Waals surface area contributed by atoms with E-state index in [0.29, 0.717) is 5.56 Å². The molecule has 2 aromatic carbocycles. The summed E-state index contributed by atoms with van der Waals surface area (Å²) in [6, 6.07) is 22.5. The number of aromatic nitrogens is 5. The number of hydrogen-bond acceptors (Lipinski definition) is 7. The van der Waals surface area contributed by atoms with E-state index in [1.165, 1.54) is 11.8 Å². The fourth-order valence-corrected chi connectivity index (χ4v) is 4.47. The SMILES string of the molecule is N#Cc1nc(NC(=O)c2ccccc2Sc2ccc3c(/C=C/c4ccccn4)n[nH]c3c2)[nH]c1C#N. The molecule has 3 heterocycles. The minimum Gasteiger partial charge on any atom is -0.314 e. The summed E-state index contributed by atoms with van der Waals surface area (Å²) in [5.41, 5.74) is 2.87. The van der Waals surface area contributed by atoms with E-state index in [0.717, 1.165) is 32.1 Å². The van der Waals surface area contributed by atoms with E-state index in [-0.39, 0.29) is 17.3 Å². The van der Waals surface area contributed by atoms with Crippen LogP contribution in [0.4, 0.5) is 5.95 Å². The lowest BCUT2D eigenvalue weighted by molar-refractivity contribution is 0.102. The maximum atomic E-state index is 12.9. The third kappa shape index (κ3) is 4.71. The smallest absolute Gasteiger partial charge is 0.259 e. The van der Waals surface area contributed by atoms with Crippen LogP contribution in [-0.4, -0.2) is 31.1 Å². The molecule has 1 amide bonds. The van der Waals surface area contributed by atoms with E-state index in [9.17, 15) is 4.79 Å². The molecule has 0 aliphatic heterocycles. The minimum atomic E-state index is -0.412. The summed E-state index contributed by atoms with van der Waals surface area (Å²) >= 11 is 1.43. The van der Waals surface area contributed by atoms with Gasteiger partial charge in [0.25, 0.3) is 5.91 Å². The number of pyridine rings is 1. The topological polar surface area (TPSA) is 147 Å². The van der Waals surface area contributed by atoms with Crippen LogP contribution in [0.25, 0.3) is 23.1 Å². The van der Waals surface area contributed by atoms with Crippen LogP contribution in [-0.2, 0) is 0 Å². The van der Waals surface area contributed by atoms with Crippen molar-refractivity contribution in [3.05, 3.63) is 95.2 Å². The van der Waals surface area contributed by atoms with E-state index in [1.54, 1.807) is 18.3 Å². The Morgan fingerprint density at radius 3 is 2.67 bits per heavy atom. The number of carbonyl (C=O) groups excluding carboxylic acids is 1. The molecule has 0 saturated heterocycles. The summed E-state index contributed by atoms with van der Waals surface area (Å²) in [5, 5.41) is 29.2. The highest BCUT2D eigenvalue weighted by Gasteiger charge is 2.16. The monoisotopic (exact) mass is 488 g/mol. The molecular weight excluding hydrogens is 472 g/mol. The molecule has 0 bridgehead atoms. The molecule has 0 aliphatic carbocycles. The van der Waals surface area contributed by atoms with Crippen molar-refractivity contribution in [2.75, 3.05) is 5.32 Å². The molecule has 9 nitrogen and oxygen atoms in total. The molecule has 0 spiro atoms. The molecule has 0 radical (unpaired) electrons. The Kier molecular flexibility index (Phi) is 6.26. The quantitative estimate of drug-likeness (QED) is 0.305. The predicted molar refractivity (Wildman–Crippen MR) is 136 cm³/mol. The Morgan fingerprint density at radius 2 is 1.89 bits per heavy atom. The van der Waals surface area contributed by atoms with Gasteiger partial charge in [0.05, 0.1) is 22.5 Å². The van der Waals surface area contributed by atoms with Crippen LogP contribution in [0, 0.1) is 22.7 Å². The fraction of sp³-hybridized carbons (Fsp3) is 0. The molecule has 172 valence electrons. The molecule has 0 aliphatic rings. The Bertz CT molecular complexity index is 1660. The lowest BCUT2D eigenvalue weighted by Gasteiger charge is -2.09. The number of amides is 1. The highest BCUT2D eigenvalue weighted by molar-refractivity contribution is 7.99. The van der Waals surface area contributed by atoms with Crippen molar-refractivity contribution >= 4 is 46.7 Å². The number of benzene rings is 2. The van der Waals surface area contributed by atoms with Crippen molar-refractivity contribution in [3.8, 4) is 12.1 Å². The van der Waals surface area contributed by atoms with E-state index in [4.69, 9.17) is 10.5 Å². The van der Waals surface area contributed by atoms with Gasteiger partial charge in [0.1, 0.15) is 12.1 Å². The van der Waals surface area contributed by atoms with Crippen molar-refractivity contribution in [1.82, 2.24) is 25.1 Å². The number of H-pyrrole nitrogens is 2. The maximum absolute atomic E-state index is 12.9. The highest BCUT2D eigenvalue weighted by Crippen LogP contribution is 2.33. The number of fused-ring (bicyclic) bond motifs is 1. The van der Waals surface area contributed by atoms with Gasteiger partial charge in [0, 0.05) is 21.4 Å². The van der Waals surface area contributed by atoms with Crippen molar-refractivity contribution in [2.24, 2.45) is 0 Å². The first-order valence-electron chi connectivity index (χ1n) is 10.7. The Labute approximate surface area is 209 Å². The average Bonchev–Trinajstić information content (AvgIpc) is 3.51. The molecular formula is C26H16N8OS. The Morgan fingerprint density at radius 1 is 1.03 bits per heavy atom. The number of anilines is 1. The second kappa shape index (κ2) is 9.97. The van der Waals surface area contributed by atoms with E-state index in [1.807, 2.05) is 72.8 Å². The van der Waals surface area contributed by atoms with Crippen LogP contribution < -0.4 is 5.32 Å². The summed E-state index contributed by atoms with van der Waals surface area (Å²) < 4.78 is 0. The molecule has 0 saturated carbocycles. The number of carbonyl (C=O) groups is 1. The van der Waals surface area contributed by atoms with Gasteiger partial charge in [-0.25, -0.2) is 4.98 Å². The van der Waals surface area contributed by atoms with Crippen molar-refractivity contribution < 1.29 is 4.79 Å². The van der Waals surface area contributed by atoms with Crippen LogP contribution in [0.2, 0.25) is 0 Å². The fourth-order valence-electron chi connectivity index (χ4n) is 3.49. The van der Waals surface area contributed by atoms with Crippen LogP contribution in [0.15, 0.2) is 76.7 Å². The Hall–Kier alpha value is -5.19. The number of nitrogens with one attached hydrogen (secondary N) is 3.